The molecule has 3 rings (SSSR count). The molecule has 0 unspecified atom stereocenters. The number of aromatic hydroxyl groups is 1. The summed E-state index contributed by atoms with van der Waals surface area (Å²) >= 11 is 0. The average molecular weight is 327 g/mol. The number of hydrogen-bond acceptors (Lipinski definition) is 6. The lowest BCUT2D eigenvalue weighted by molar-refractivity contribution is -0.384. The zero-order valence-electron chi connectivity index (χ0n) is 13.4. The molecule has 1 heterocycles. The van der Waals surface area contributed by atoms with Crippen LogP contribution in [0.2, 0.25) is 0 Å². The van der Waals surface area contributed by atoms with Crippen LogP contribution >= 0.6 is 0 Å². The molecule has 0 spiro atoms. The molecule has 3 aromatic rings. The molecule has 0 saturated heterocycles. The third-order valence-corrected chi connectivity index (χ3v) is 3.92. The van der Waals surface area contributed by atoms with Crippen molar-refractivity contribution in [3.05, 3.63) is 46.5 Å². The molecule has 7 heteroatoms. The maximum absolute atomic E-state index is 10.8. The number of non-ortho nitro benzene ring substituents is 1. The van der Waals surface area contributed by atoms with E-state index in [0.717, 1.165) is 18.8 Å². The quantitative estimate of drug-likeness (QED) is 0.563. The number of phenolic OH excluding ortho intramolecular Hbond substituents is 1. The summed E-state index contributed by atoms with van der Waals surface area (Å²) in [7, 11) is 0. The van der Waals surface area contributed by atoms with Gasteiger partial charge in [-0.15, -0.1) is 0 Å². The van der Waals surface area contributed by atoms with Crippen LogP contribution in [0.25, 0.3) is 22.6 Å². The summed E-state index contributed by atoms with van der Waals surface area (Å²) in [6.07, 6.45) is 0. The number of fused-ring (bicyclic) bond motifs is 1. The van der Waals surface area contributed by atoms with E-state index in [0.29, 0.717) is 16.7 Å². The van der Waals surface area contributed by atoms with E-state index in [-0.39, 0.29) is 17.3 Å². The number of benzene rings is 2. The Morgan fingerprint density at radius 3 is 2.58 bits per heavy atom. The van der Waals surface area contributed by atoms with Gasteiger partial charge in [0.2, 0.25) is 5.89 Å². The second-order valence-corrected chi connectivity index (χ2v) is 5.30. The van der Waals surface area contributed by atoms with E-state index in [1.807, 2.05) is 19.9 Å². The van der Waals surface area contributed by atoms with Crippen molar-refractivity contribution in [2.75, 3.05) is 18.0 Å². The summed E-state index contributed by atoms with van der Waals surface area (Å²) < 4.78 is 5.59. The number of rotatable bonds is 5. The molecular weight excluding hydrogens is 310 g/mol. The van der Waals surface area contributed by atoms with Gasteiger partial charge in [0.05, 0.1) is 16.6 Å². The number of aromatic nitrogens is 1. The minimum Gasteiger partial charge on any atom is -0.507 e. The fraction of sp³-hybridized carbons (Fsp3) is 0.235. The Balaban J connectivity index is 2.02. The molecule has 0 saturated carbocycles. The second kappa shape index (κ2) is 6.19. The van der Waals surface area contributed by atoms with Crippen molar-refractivity contribution < 1.29 is 14.4 Å². The summed E-state index contributed by atoms with van der Waals surface area (Å²) in [5, 5.41) is 21.2. The van der Waals surface area contributed by atoms with Crippen LogP contribution in [0.3, 0.4) is 0 Å². The molecule has 24 heavy (non-hydrogen) atoms. The van der Waals surface area contributed by atoms with Crippen LogP contribution in [0.1, 0.15) is 13.8 Å². The van der Waals surface area contributed by atoms with Crippen LogP contribution in [0.5, 0.6) is 5.75 Å². The van der Waals surface area contributed by atoms with Gasteiger partial charge in [0.15, 0.2) is 5.58 Å². The molecule has 0 atom stereocenters. The van der Waals surface area contributed by atoms with Crippen molar-refractivity contribution in [1.82, 2.24) is 4.98 Å². The van der Waals surface area contributed by atoms with Crippen molar-refractivity contribution >= 4 is 22.5 Å². The summed E-state index contributed by atoms with van der Waals surface area (Å²) in [6, 6.07) is 9.52. The standard InChI is InChI=1S/C17H17N3O4/c1-3-19(4-2)11-5-7-13(15(21)9-11)17-18-14-8-6-12(20(22)23)10-16(14)24-17/h5-10,21H,3-4H2,1-2H3. The fourth-order valence-electron chi connectivity index (χ4n) is 2.63. The minimum atomic E-state index is -0.488. The van der Waals surface area contributed by atoms with E-state index in [2.05, 4.69) is 9.88 Å². The average Bonchev–Trinajstić information content (AvgIpc) is 2.98. The number of nitro benzene ring substituents is 1. The van der Waals surface area contributed by atoms with E-state index in [4.69, 9.17) is 4.42 Å². The summed E-state index contributed by atoms with van der Waals surface area (Å²) in [5.74, 6) is 0.287. The number of hydrogen-bond donors (Lipinski definition) is 1. The molecule has 0 aliphatic rings. The minimum absolute atomic E-state index is 0.0560. The predicted octanol–water partition coefficient (Wildman–Crippen LogP) is 3.95. The Labute approximate surface area is 138 Å². The van der Waals surface area contributed by atoms with Crippen molar-refractivity contribution in [1.29, 1.82) is 0 Å². The van der Waals surface area contributed by atoms with Crippen molar-refractivity contribution in [2.45, 2.75) is 13.8 Å². The summed E-state index contributed by atoms with van der Waals surface area (Å²) in [6.45, 7) is 5.76. The van der Waals surface area contributed by atoms with Crippen LogP contribution in [0.15, 0.2) is 40.8 Å². The van der Waals surface area contributed by atoms with Crippen molar-refractivity contribution in [3.8, 4) is 17.2 Å². The van der Waals surface area contributed by atoms with Crippen LogP contribution in [-0.4, -0.2) is 28.1 Å². The SMILES string of the molecule is CCN(CC)c1ccc(-c2nc3ccc([N+](=O)[O-])cc3o2)c(O)c1. The van der Waals surface area contributed by atoms with E-state index >= 15 is 0 Å². The highest BCUT2D eigenvalue weighted by molar-refractivity contribution is 5.80. The zero-order valence-corrected chi connectivity index (χ0v) is 13.4. The molecule has 1 N–H and O–H groups in total. The third-order valence-electron chi connectivity index (χ3n) is 3.92. The first kappa shape index (κ1) is 15.8. The first-order valence-electron chi connectivity index (χ1n) is 7.66. The lowest BCUT2D eigenvalue weighted by Gasteiger charge is -2.21. The van der Waals surface area contributed by atoms with Gasteiger partial charge < -0.3 is 14.4 Å². The third kappa shape index (κ3) is 2.76. The topological polar surface area (TPSA) is 92.6 Å². The van der Waals surface area contributed by atoms with E-state index in [1.54, 1.807) is 12.1 Å². The molecule has 0 amide bonds. The molecule has 7 nitrogen and oxygen atoms in total. The van der Waals surface area contributed by atoms with Gasteiger partial charge in [-0.3, -0.25) is 10.1 Å². The Hall–Kier alpha value is -3.09. The van der Waals surface area contributed by atoms with Gasteiger partial charge in [0, 0.05) is 30.9 Å². The van der Waals surface area contributed by atoms with Crippen LogP contribution in [-0.2, 0) is 0 Å². The highest BCUT2D eigenvalue weighted by atomic mass is 16.6. The Morgan fingerprint density at radius 2 is 1.96 bits per heavy atom. The fourth-order valence-corrected chi connectivity index (χ4v) is 2.63. The van der Waals surface area contributed by atoms with Crippen LogP contribution < -0.4 is 4.90 Å². The largest absolute Gasteiger partial charge is 0.507 e. The van der Waals surface area contributed by atoms with Crippen LogP contribution in [0, 0.1) is 10.1 Å². The van der Waals surface area contributed by atoms with Crippen molar-refractivity contribution in [2.24, 2.45) is 0 Å². The highest BCUT2D eigenvalue weighted by Gasteiger charge is 2.16. The molecule has 0 aliphatic carbocycles. The molecule has 1 aromatic heterocycles. The molecule has 2 aromatic carbocycles. The number of anilines is 1. The van der Waals surface area contributed by atoms with Gasteiger partial charge in [-0.05, 0) is 32.0 Å². The predicted molar refractivity (Wildman–Crippen MR) is 91.3 cm³/mol. The Kier molecular flexibility index (Phi) is 4.07. The van der Waals surface area contributed by atoms with Crippen molar-refractivity contribution in [3.63, 3.8) is 0 Å². The van der Waals surface area contributed by atoms with E-state index in [9.17, 15) is 15.2 Å². The number of nitrogens with zero attached hydrogens (tertiary/aromatic N) is 3. The van der Waals surface area contributed by atoms with Gasteiger partial charge in [-0.2, -0.15) is 0 Å². The van der Waals surface area contributed by atoms with Gasteiger partial charge in [-0.25, -0.2) is 4.98 Å². The number of phenols is 1. The molecule has 124 valence electrons. The smallest absolute Gasteiger partial charge is 0.273 e. The van der Waals surface area contributed by atoms with Gasteiger partial charge in [-0.1, -0.05) is 0 Å². The van der Waals surface area contributed by atoms with Gasteiger partial charge >= 0.3 is 0 Å². The lowest BCUT2D eigenvalue weighted by Crippen LogP contribution is -2.21. The molecule has 0 radical (unpaired) electrons. The number of oxazole rings is 1. The Morgan fingerprint density at radius 1 is 1.21 bits per heavy atom. The maximum Gasteiger partial charge on any atom is 0.273 e. The normalized spacial score (nSPS) is 10.9. The van der Waals surface area contributed by atoms with Gasteiger partial charge in [0.1, 0.15) is 11.3 Å². The molecule has 0 aliphatic heterocycles. The first-order chi connectivity index (χ1) is 11.5. The van der Waals surface area contributed by atoms with Crippen LogP contribution in [0.4, 0.5) is 11.4 Å². The summed E-state index contributed by atoms with van der Waals surface area (Å²) in [5.41, 5.74) is 2.11. The van der Waals surface area contributed by atoms with E-state index in [1.165, 1.54) is 18.2 Å². The zero-order chi connectivity index (χ0) is 17.3. The molecule has 0 bridgehead atoms. The Bertz CT molecular complexity index is 900. The summed E-state index contributed by atoms with van der Waals surface area (Å²) in [4.78, 5) is 16.8. The lowest BCUT2D eigenvalue weighted by atomic mass is 10.1. The molecular formula is C17H17N3O4. The van der Waals surface area contributed by atoms with E-state index < -0.39 is 4.92 Å². The maximum atomic E-state index is 10.8. The second-order valence-electron chi connectivity index (χ2n) is 5.30. The molecule has 0 fully saturated rings. The monoisotopic (exact) mass is 327 g/mol. The number of nitro groups is 1. The van der Waals surface area contributed by atoms with Gasteiger partial charge in [0.25, 0.3) is 5.69 Å². The highest BCUT2D eigenvalue weighted by Crippen LogP contribution is 2.34. The first-order valence-corrected chi connectivity index (χ1v) is 7.66.